The molecule has 1 saturated heterocycles. The van der Waals surface area contributed by atoms with Crippen LogP contribution in [0.1, 0.15) is 42.6 Å². The van der Waals surface area contributed by atoms with E-state index in [0.29, 0.717) is 5.56 Å². The van der Waals surface area contributed by atoms with Crippen LogP contribution >= 0.6 is 0 Å². The van der Waals surface area contributed by atoms with Crippen LogP contribution in [0, 0.1) is 11.8 Å². The Hall–Kier alpha value is -1.39. The lowest BCUT2D eigenvalue weighted by atomic mass is 9.86. The molecule has 20 heavy (non-hydrogen) atoms. The van der Waals surface area contributed by atoms with Gasteiger partial charge in [0.15, 0.2) is 0 Å². The normalized spacial score (nSPS) is 17.4. The van der Waals surface area contributed by atoms with E-state index in [1.165, 1.54) is 31.5 Å². The molecule has 2 rings (SSSR count). The van der Waals surface area contributed by atoms with Gasteiger partial charge in [-0.05, 0) is 55.5 Å². The molecule has 1 aliphatic rings. The number of hydrazine groups is 1. The van der Waals surface area contributed by atoms with Crippen LogP contribution in [0.4, 0.5) is 0 Å². The van der Waals surface area contributed by atoms with E-state index in [4.69, 9.17) is 5.84 Å². The van der Waals surface area contributed by atoms with Gasteiger partial charge in [0, 0.05) is 12.1 Å². The van der Waals surface area contributed by atoms with Crippen LogP contribution in [0.2, 0.25) is 0 Å². The quantitative estimate of drug-likeness (QED) is 0.503. The fourth-order valence-corrected chi connectivity index (χ4v) is 2.88. The molecule has 4 nitrogen and oxygen atoms in total. The van der Waals surface area contributed by atoms with Crippen molar-refractivity contribution in [2.45, 2.75) is 33.2 Å². The van der Waals surface area contributed by atoms with Crippen LogP contribution in [-0.2, 0) is 6.54 Å². The number of carbonyl (C=O) groups is 1. The van der Waals surface area contributed by atoms with Crippen LogP contribution in [-0.4, -0.2) is 23.9 Å². The van der Waals surface area contributed by atoms with Crippen molar-refractivity contribution in [2.75, 3.05) is 13.1 Å². The average Bonchev–Trinajstić information content (AvgIpc) is 2.48. The highest BCUT2D eigenvalue weighted by molar-refractivity contribution is 5.93. The van der Waals surface area contributed by atoms with Gasteiger partial charge in [0.1, 0.15) is 0 Å². The van der Waals surface area contributed by atoms with Gasteiger partial charge < -0.3 is 0 Å². The lowest BCUT2D eigenvalue weighted by molar-refractivity contribution is 0.0953. The van der Waals surface area contributed by atoms with Crippen LogP contribution < -0.4 is 11.3 Å². The van der Waals surface area contributed by atoms with Crippen molar-refractivity contribution in [1.82, 2.24) is 10.3 Å². The lowest BCUT2D eigenvalue weighted by Crippen LogP contribution is -2.34. The summed E-state index contributed by atoms with van der Waals surface area (Å²) in [5.74, 6) is 6.55. The first-order valence-corrected chi connectivity index (χ1v) is 7.42. The van der Waals surface area contributed by atoms with E-state index in [1.807, 2.05) is 24.3 Å². The number of hydrogen-bond donors (Lipinski definition) is 2. The van der Waals surface area contributed by atoms with Crippen molar-refractivity contribution in [3.63, 3.8) is 0 Å². The van der Waals surface area contributed by atoms with Gasteiger partial charge >= 0.3 is 0 Å². The second kappa shape index (κ2) is 6.86. The highest BCUT2D eigenvalue weighted by Crippen LogP contribution is 2.25. The molecule has 1 amide bonds. The molecule has 1 aromatic carbocycles. The molecule has 0 aliphatic carbocycles. The van der Waals surface area contributed by atoms with Gasteiger partial charge in [-0.3, -0.25) is 15.1 Å². The summed E-state index contributed by atoms with van der Waals surface area (Å²) < 4.78 is 0. The van der Waals surface area contributed by atoms with Crippen LogP contribution in [0.3, 0.4) is 0 Å². The maximum atomic E-state index is 11.4. The highest BCUT2D eigenvalue weighted by Gasteiger charge is 2.21. The molecule has 1 aliphatic heterocycles. The summed E-state index contributed by atoms with van der Waals surface area (Å²) in [7, 11) is 0. The number of nitrogens with two attached hydrogens (primary N) is 1. The number of nitrogens with one attached hydrogen (secondary N) is 1. The van der Waals surface area contributed by atoms with Gasteiger partial charge in [0.05, 0.1) is 0 Å². The Morgan fingerprint density at radius 2 is 1.90 bits per heavy atom. The minimum absolute atomic E-state index is 0.241. The number of nitrogen functional groups attached to an aromatic ring is 1. The largest absolute Gasteiger partial charge is 0.299 e. The number of likely N-dealkylation sites (tertiary alicyclic amines) is 1. The zero-order valence-corrected chi connectivity index (χ0v) is 12.4. The Kier molecular flexibility index (Phi) is 5.15. The minimum Gasteiger partial charge on any atom is -0.299 e. The maximum Gasteiger partial charge on any atom is 0.265 e. The molecule has 0 atom stereocenters. The second-order valence-electron chi connectivity index (χ2n) is 6.03. The van der Waals surface area contributed by atoms with Crippen molar-refractivity contribution in [3.05, 3.63) is 35.4 Å². The van der Waals surface area contributed by atoms with Gasteiger partial charge in [0.25, 0.3) is 5.91 Å². The Labute approximate surface area is 121 Å². The van der Waals surface area contributed by atoms with Crippen molar-refractivity contribution in [1.29, 1.82) is 0 Å². The third-order valence-electron chi connectivity index (χ3n) is 4.33. The molecule has 0 bridgehead atoms. The van der Waals surface area contributed by atoms with Crippen molar-refractivity contribution in [2.24, 2.45) is 17.7 Å². The van der Waals surface area contributed by atoms with E-state index in [1.54, 1.807) is 0 Å². The number of hydrogen-bond acceptors (Lipinski definition) is 3. The summed E-state index contributed by atoms with van der Waals surface area (Å²) >= 11 is 0. The van der Waals surface area contributed by atoms with Crippen LogP contribution in [0.15, 0.2) is 24.3 Å². The second-order valence-corrected chi connectivity index (χ2v) is 6.03. The number of rotatable bonds is 4. The Morgan fingerprint density at radius 1 is 1.30 bits per heavy atom. The van der Waals surface area contributed by atoms with E-state index >= 15 is 0 Å². The van der Waals surface area contributed by atoms with Gasteiger partial charge in [-0.15, -0.1) is 0 Å². The van der Waals surface area contributed by atoms with Crippen molar-refractivity contribution >= 4 is 5.91 Å². The molecule has 0 aromatic heterocycles. The van der Waals surface area contributed by atoms with E-state index in [2.05, 4.69) is 24.2 Å². The Morgan fingerprint density at radius 3 is 2.40 bits per heavy atom. The fourth-order valence-electron chi connectivity index (χ4n) is 2.88. The molecule has 1 aromatic rings. The minimum atomic E-state index is -0.241. The average molecular weight is 275 g/mol. The maximum absolute atomic E-state index is 11.4. The molecule has 0 radical (unpaired) electrons. The van der Waals surface area contributed by atoms with Crippen molar-refractivity contribution < 1.29 is 4.79 Å². The number of amides is 1. The Bertz CT molecular complexity index is 434. The fraction of sp³-hybridized carbons (Fsp3) is 0.562. The number of benzene rings is 1. The molecule has 1 fully saturated rings. The first kappa shape index (κ1) is 15.0. The summed E-state index contributed by atoms with van der Waals surface area (Å²) in [6.07, 6.45) is 2.59. The first-order chi connectivity index (χ1) is 9.60. The SMILES string of the molecule is CC(C)C1CCN(Cc2ccc(C(=O)NN)cc2)CC1. The predicted octanol–water partition coefficient (Wildman–Crippen LogP) is 2.16. The van der Waals surface area contributed by atoms with Crippen LogP contribution in [0.25, 0.3) is 0 Å². The first-order valence-electron chi connectivity index (χ1n) is 7.42. The zero-order chi connectivity index (χ0) is 14.5. The third kappa shape index (κ3) is 3.81. The highest BCUT2D eigenvalue weighted by atomic mass is 16.2. The van der Waals surface area contributed by atoms with E-state index in [-0.39, 0.29) is 5.91 Å². The molecular weight excluding hydrogens is 250 g/mol. The van der Waals surface area contributed by atoms with E-state index in [0.717, 1.165) is 18.4 Å². The molecule has 0 spiro atoms. The smallest absolute Gasteiger partial charge is 0.265 e. The van der Waals surface area contributed by atoms with Crippen molar-refractivity contribution in [3.8, 4) is 0 Å². The predicted molar refractivity (Wildman–Crippen MR) is 80.9 cm³/mol. The van der Waals surface area contributed by atoms with Gasteiger partial charge in [-0.25, -0.2) is 5.84 Å². The topological polar surface area (TPSA) is 58.4 Å². The van der Waals surface area contributed by atoms with Gasteiger partial charge in [-0.1, -0.05) is 26.0 Å². The zero-order valence-electron chi connectivity index (χ0n) is 12.4. The molecular formula is C16H25N3O. The molecule has 110 valence electrons. The summed E-state index contributed by atoms with van der Waals surface area (Å²) in [5, 5.41) is 0. The monoisotopic (exact) mass is 275 g/mol. The summed E-state index contributed by atoms with van der Waals surface area (Å²) in [6, 6.07) is 7.69. The molecule has 1 heterocycles. The lowest BCUT2D eigenvalue weighted by Gasteiger charge is -2.33. The molecule has 0 unspecified atom stereocenters. The number of nitrogens with zero attached hydrogens (tertiary/aromatic N) is 1. The summed E-state index contributed by atoms with van der Waals surface area (Å²) in [4.78, 5) is 13.9. The molecule has 4 heteroatoms. The van der Waals surface area contributed by atoms with Gasteiger partial charge in [0.2, 0.25) is 0 Å². The number of carbonyl (C=O) groups excluding carboxylic acids is 1. The molecule has 3 N–H and O–H groups in total. The summed E-state index contributed by atoms with van der Waals surface area (Å²) in [5.41, 5.74) is 4.01. The van der Waals surface area contributed by atoms with E-state index in [9.17, 15) is 4.79 Å². The summed E-state index contributed by atoms with van der Waals surface area (Å²) in [6.45, 7) is 7.96. The van der Waals surface area contributed by atoms with Gasteiger partial charge in [-0.2, -0.15) is 0 Å². The standard InChI is InChI=1S/C16H25N3O/c1-12(2)14-7-9-19(10-8-14)11-13-3-5-15(6-4-13)16(20)18-17/h3-6,12,14H,7-11,17H2,1-2H3,(H,18,20). The van der Waals surface area contributed by atoms with Crippen LogP contribution in [0.5, 0.6) is 0 Å². The van der Waals surface area contributed by atoms with E-state index < -0.39 is 0 Å². The molecule has 0 saturated carbocycles. The Balaban J connectivity index is 1.87. The number of piperidine rings is 1. The third-order valence-corrected chi connectivity index (χ3v) is 4.33.